The number of carbonyl (C=O) groups excluding carboxylic acids is 1. The Morgan fingerprint density at radius 2 is 2.24 bits per heavy atom. The van der Waals surface area contributed by atoms with Crippen molar-refractivity contribution < 1.29 is 4.79 Å². The number of hydrogen-bond donors (Lipinski definition) is 1. The van der Waals surface area contributed by atoms with Gasteiger partial charge in [0, 0.05) is 43.1 Å². The number of carbonyl (C=O) groups is 1. The van der Waals surface area contributed by atoms with Crippen molar-refractivity contribution in [2.75, 3.05) is 24.6 Å². The first-order chi connectivity index (χ1) is 8.16. The van der Waals surface area contributed by atoms with Crippen molar-refractivity contribution in [3.05, 3.63) is 0 Å². The van der Waals surface area contributed by atoms with Crippen LogP contribution in [0.3, 0.4) is 0 Å². The minimum atomic E-state index is 0.340. The van der Waals surface area contributed by atoms with Crippen LogP contribution < -0.4 is 5.32 Å². The fourth-order valence-electron chi connectivity index (χ4n) is 2.26. The normalized spacial score (nSPS) is 25.0. The van der Waals surface area contributed by atoms with Gasteiger partial charge in [-0.1, -0.05) is 0 Å². The van der Waals surface area contributed by atoms with Crippen molar-refractivity contribution in [2.45, 2.75) is 45.2 Å². The third-order valence-corrected chi connectivity index (χ3v) is 4.65. The third-order valence-electron chi connectivity index (χ3n) is 3.51. The molecule has 4 heteroatoms. The van der Waals surface area contributed by atoms with Crippen LogP contribution in [0.25, 0.3) is 0 Å². The van der Waals surface area contributed by atoms with E-state index in [2.05, 4.69) is 24.1 Å². The second kappa shape index (κ2) is 6.10. The van der Waals surface area contributed by atoms with Crippen molar-refractivity contribution in [3.8, 4) is 0 Å². The van der Waals surface area contributed by atoms with E-state index in [1.807, 2.05) is 11.8 Å². The molecule has 1 aliphatic carbocycles. The van der Waals surface area contributed by atoms with E-state index in [1.165, 1.54) is 18.6 Å². The van der Waals surface area contributed by atoms with Gasteiger partial charge in [-0.15, -0.1) is 0 Å². The van der Waals surface area contributed by atoms with Crippen molar-refractivity contribution in [1.82, 2.24) is 10.2 Å². The topological polar surface area (TPSA) is 32.3 Å². The van der Waals surface area contributed by atoms with E-state index in [0.717, 1.165) is 24.8 Å². The standard InChI is InChI=1S/C13H24N2OS/c1-10(2)15(8-11-3-4-11)13(16)7-12-9-17-6-5-14-12/h10-12,14H,3-9H2,1-2H3. The second-order valence-electron chi connectivity index (χ2n) is 5.51. The first kappa shape index (κ1) is 13.2. The molecule has 1 N–H and O–H groups in total. The van der Waals surface area contributed by atoms with E-state index in [0.29, 0.717) is 24.4 Å². The van der Waals surface area contributed by atoms with Gasteiger partial charge in [0.15, 0.2) is 0 Å². The van der Waals surface area contributed by atoms with E-state index >= 15 is 0 Å². The molecule has 1 amide bonds. The van der Waals surface area contributed by atoms with Crippen LogP contribution in [0.4, 0.5) is 0 Å². The smallest absolute Gasteiger partial charge is 0.224 e. The highest BCUT2D eigenvalue weighted by molar-refractivity contribution is 7.99. The molecule has 1 atom stereocenters. The lowest BCUT2D eigenvalue weighted by atomic mass is 10.1. The van der Waals surface area contributed by atoms with Crippen LogP contribution in [0.1, 0.15) is 33.1 Å². The molecule has 0 aromatic carbocycles. The highest BCUT2D eigenvalue weighted by atomic mass is 32.2. The Bertz CT molecular complexity index is 260. The SMILES string of the molecule is CC(C)N(CC1CC1)C(=O)CC1CSCCN1. The molecule has 17 heavy (non-hydrogen) atoms. The fraction of sp³-hybridized carbons (Fsp3) is 0.923. The Morgan fingerprint density at radius 3 is 2.76 bits per heavy atom. The van der Waals surface area contributed by atoms with Gasteiger partial charge in [-0.2, -0.15) is 11.8 Å². The monoisotopic (exact) mass is 256 g/mol. The van der Waals surface area contributed by atoms with Crippen LogP contribution in [-0.4, -0.2) is 47.5 Å². The van der Waals surface area contributed by atoms with E-state index < -0.39 is 0 Å². The average molecular weight is 256 g/mol. The molecule has 3 nitrogen and oxygen atoms in total. The van der Waals surface area contributed by atoms with Crippen molar-refractivity contribution >= 4 is 17.7 Å². The number of rotatable bonds is 5. The van der Waals surface area contributed by atoms with E-state index in [9.17, 15) is 4.79 Å². The lowest BCUT2D eigenvalue weighted by Crippen LogP contribution is -2.45. The summed E-state index contributed by atoms with van der Waals surface area (Å²) in [6.45, 7) is 6.29. The Labute approximate surface area is 109 Å². The predicted octanol–water partition coefficient (Wildman–Crippen LogP) is 1.73. The lowest BCUT2D eigenvalue weighted by molar-refractivity contribution is -0.133. The summed E-state index contributed by atoms with van der Waals surface area (Å²) in [4.78, 5) is 14.4. The molecule has 0 aromatic heterocycles. The van der Waals surface area contributed by atoms with Crippen molar-refractivity contribution in [3.63, 3.8) is 0 Å². The van der Waals surface area contributed by atoms with Crippen molar-refractivity contribution in [1.29, 1.82) is 0 Å². The summed E-state index contributed by atoms with van der Waals surface area (Å²) in [5.41, 5.74) is 0. The van der Waals surface area contributed by atoms with Crippen LogP contribution >= 0.6 is 11.8 Å². The van der Waals surface area contributed by atoms with Gasteiger partial charge in [0.25, 0.3) is 0 Å². The Hall–Kier alpha value is -0.220. The average Bonchev–Trinajstić information content (AvgIpc) is 3.10. The number of hydrogen-bond acceptors (Lipinski definition) is 3. The minimum Gasteiger partial charge on any atom is -0.340 e. The van der Waals surface area contributed by atoms with Gasteiger partial charge in [-0.3, -0.25) is 4.79 Å². The lowest BCUT2D eigenvalue weighted by Gasteiger charge is -2.30. The molecule has 1 aliphatic heterocycles. The molecular formula is C13H24N2OS. The molecule has 1 saturated carbocycles. The van der Waals surface area contributed by atoms with Gasteiger partial charge in [0.2, 0.25) is 5.91 Å². The number of amides is 1. The molecule has 0 radical (unpaired) electrons. The summed E-state index contributed by atoms with van der Waals surface area (Å²) in [6, 6.07) is 0.737. The van der Waals surface area contributed by atoms with Crippen LogP contribution in [0, 0.1) is 5.92 Å². The van der Waals surface area contributed by atoms with Crippen LogP contribution in [0.5, 0.6) is 0 Å². The molecule has 0 bridgehead atoms. The molecule has 0 spiro atoms. The van der Waals surface area contributed by atoms with E-state index in [4.69, 9.17) is 0 Å². The molecule has 1 heterocycles. The first-order valence-electron chi connectivity index (χ1n) is 6.77. The largest absolute Gasteiger partial charge is 0.340 e. The quantitative estimate of drug-likeness (QED) is 0.813. The second-order valence-corrected chi connectivity index (χ2v) is 6.66. The van der Waals surface area contributed by atoms with Gasteiger partial charge in [0.05, 0.1) is 0 Å². The Balaban J connectivity index is 1.81. The maximum Gasteiger partial charge on any atom is 0.224 e. The molecule has 2 fully saturated rings. The first-order valence-corrected chi connectivity index (χ1v) is 7.93. The molecule has 1 saturated heterocycles. The van der Waals surface area contributed by atoms with E-state index in [-0.39, 0.29) is 0 Å². The zero-order valence-corrected chi connectivity index (χ0v) is 11.8. The summed E-state index contributed by atoms with van der Waals surface area (Å²) in [5.74, 6) is 3.39. The molecular weight excluding hydrogens is 232 g/mol. The highest BCUT2D eigenvalue weighted by Crippen LogP contribution is 2.30. The summed E-state index contributed by atoms with van der Waals surface area (Å²) in [5, 5.41) is 3.44. The van der Waals surface area contributed by atoms with Gasteiger partial charge >= 0.3 is 0 Å². The third kappa shape index (κ3) is 4.18. The number of nitrogens with zero attached hydrogens (tertiary/aromatic N) is 1. The molecule has 1 unspecified atom stereocenters. The van der Waals surface area contributed by atoms with Crippen LogP contribution in [0.2, 0.25) is 0 Å². The fourth-order valence-corrected chi connectivity index (χ4v) is 3.21. The van der Waals surface area contributed by atoms with Crippen molar-refractivity contribution in [2.24, 2.45) is 5.92 Å². The van der Waals surface area contributed by atoms with Gasteiger partial charge in [0.1, 0.15) is 0 Å². The van der Waals surface area contributed by atoms with E-state index in [1.54, 1.807) is 0 Å². The number of thioether (sulfide) groups is 1. The van der Waals surface area contributed by atoms with Gasteiger partial charge < -0.3 is 10.2 Å². The molecule has 0 aromatic rings. The predicted molar refractivity (Wildman–Crippen MR) is 73.3 cm³/mol. The van der Waals surface area contributed by atoms with Gasteiger partial charge in [-0.05, 0) is 32.6 Å². The maximum atomic E-state index is 12.3. The summed E-state index contributed by atoms with van der Waals surface area (Å²) < 4.78 is 0. The molecule has 2 rings (SSSR count). The summed E-state index contributed by atoms with van der Waals surface area (Å²) in [6.07, 6.45) is 3.31. The summed E-state index contributed by atoms with van der Waals surface area (Å²) in [7, 11) is 0. The molecule has 98 valence electrons. The zero-order chi connectivity index (χ0) is 12.3. The highest BCUT2D eigenvalue weighted by Gasteiger charge is 2.29. The molecule has 2 aliphatic rings. The summed E-state index contributed by atoms with van der Waals surface area (Å²) >= 11 is 1.96. The Kier molecular flexibility index (Phi) is 4.74. The number of nitrogens with one attached hydrogen (secondary N) is 1. The zero-order valence-electron chi connectivity index (χ0n) is 10.9. The van der Waals surface area contributed by atoms with Gasteiger partial charge in [-0.25, -0.2) is 0 Å². The van der Waals surface area contributed by atoms with Crippen LogP contribution in [-0.2, 0) is 4.79 Å². The van der Waals surface area contributed by atoms with Crippen LogP contribution in [0.15, 0.2) is 0 Å². The minimum absolute atomic E-state index is 0.340. The Morgan fingerprint density at radius 1 is 1.47 bits per heavy atom. The maximum absolute atomic E-state index is 12.3.